The van der Waals surface area contributed by atoms with Crippen LogP contribution >= 0.6 is 0 Å². The molecule has 0 aromatic rings. The molecule has 0 aromatic heterocycles. The van der Waals surface area contributed by atoms with Gasteiger partial charge in [0.25, 0.3) is 0 Å². The van der Waals surface area contributed by atoms with Gasteiger partial charge < -0.3 is 4.84 Å². The standard InChI is InChI=1S/C14H21N3O/c1-4-6-14(12(2)3)16-18-11-13-7-5-9-17(13)10-8-15/h12-13H,5,7,9-11H2,1-3H3/b16-14+/t13-/m0/s1. The van der Waals surface area contributed by atoms with Gasteiger partial charge in [-0.3, -0.25) is 4.90 Å². The quantitative estimate of drug-likeness (QED) is 0.323. The van der Waals surface area contributed by atoms with Gasteiger partial charge in [0.2, 0.25) is 0 Å². The average Bonchev–Trinajstić information content (AvgIpc) is 2.76. The number of likely N-dealkylation sites (tertiary alicyclic amines) is 1. The lowest BCUT2D eigenvalue weighted by molar-refractivity contribution is 0.0868. The van der Waals surface area contributed by atoms with Crippen LogP contribution in [0, 0.1) is 29.1 Å². The lowest BCUT2D eigenvalue weighted by Gasteiger charge is -2.19. The molecule has 0 radical (unpaired) electrons. The molecular formula is C14H21N3O. The van der Waals surface area contributed by atoms with E-state index in [0.717, 1.165) is 25.1 Å². The zero-order valence-corrected chi connectivity index (χ0v) is 11.4. The minimum atomic E-state index is 0.274. The summed E-state index contributed by atoms with van der Waals surface area (Å²) in [7, 11) is 0. The number of hydrogen-bond donors (Lipinski definition) is 0. The third kappa shape index (κ3) is 4.39. The summed E-state index contributed by atoms with van der Waals surface area (Å²) < 4.78 is 0. The fraction of sp³-hybridized carbons (Fsp3) is 0.714. The topological polar surface area (TPSA) is 48.6 Å². The maximum atomic E-state index is 8.72. The largest absolute Gasteiger partial charge is 0.393 e. The van der Waals surface area contributed by atoms with Crippen LogP contribution in [-0.2, 0) is 4.84 Å². The molecule has 4 nitrogen and oxygen atoms in total. The zero-order valence-electron chi connectivity index (χ0n) is 11.4. The smallest absolute Gasteiger partial charge is 0.132 e. The van der Waals surface area contributed by atoms with E-state index in [-0.39, 0.29) is 5.92 Å². The molecule has 0 spiro atoms. The molecule has 0 bridgehead atoms. The van der Waals surface area contributed by atoms with E-state index < -0.39 is 0 Å². The van der Waals surface area contributed by atoms with Gasteiger partial charge >= 0.3 is 0 Å². The van der Waals surface area contributed by atoms with Crippen molar-refractivity contribution in [3.63, 3.8) is 0 Å². The summed E-state index contributed by atoms with van der Waals surface area (Å²) in [6.45, 7) is 7.89. The molecule has 0 N–H and O–H groups in total. The molecule has 0 amide bonds. The van der Waals surface area contributed by atoms with Crippen LogP contribution in [0.1, 0.15) is 33.6 Å². The highest BCUT2D eigenvalue weighted by Crippen LogP contribution is 2.16. The van der Waals surface area contributed by atoms with E-state index >= 15 is 0 Å². The molecule has 1 saturated heterocycles. The van der Waals surface area contributed by atoms with Crippen molar-refractivity contribution in [1.29, 1.82) is 5.26 Å². The fourth-order valence-corrected chi connectivity index (χ4v) is 1.98. The predicted octanol–water partition coefficient (Wildman–Crippen LogP) is 2.03. The second kappa shape index (κ2) is 7.74. The third-order valence-electron chi connectivity index (χ3n) is 3.00. The molecule has 0 unspecified atom stereocenters. The Morgan fingerprint density at radius 2 is 2.33 bits per heavy atom. The molecule has 0 saturated carbocycles. The highest BCUT2D eigenvalue weighted by atomic mass is 16.6. The average molecular weight is 247 g/mol. The van der Waals surface area contributed by atoms with Gasteiger partial charge in [0.05, 0.1) is 12.6 Å². The van der Waals surface area contributed by atoms with Gasteiger partial charge in [0.15, 0.2) is 0 Å². The molecule has 1 aliphatic rings. The Kier molecular flexibility index (Phi) is 6.25. The lowest BCUT2D eigenvalue weighted by Crippen LogP contribution is -2.33. The van der Waals surface area contributed by atoms with Crippen molar-refractivity contribution < 1.29 is 4.84 Å². The van der Waals surface area contributed by atoms with Crippen LogP contribution in [0.4, 0.5) is 0 Å². The number of hydrogen-bond acceptors (Lipinski definition) is 4. The van der Waals surface area contributed by atoms with E-state index in [1.165, 1.54) is 0 Å². The Balaban J connectivity index is 2.46. The van der Waals surface area contributed by atoms with Crippen molar-refractivity contribution in [3.05, 3.63) is 0 Å². The van der Waals surface area contributed by atoms with E-state index in [1.54, 1.807) is 6.92 Å². The fourth-order valence-electron chi connectivity index (χ4n) is 1.98. The van der Waals surface area contributed by atoms with Gasteiger partial charge in [-0.05, 0) is 32.2 Å². The predicted molar refractivity (Wildman–Crippen MR) is 71.9 cm³/mol. The van der Waals surface area contributed by atoms with E-state index in [2.05, 4.69) is 28.0 Å². The van der Waals surface area contributed by atoms with Crippen LogP contribution < -0.4 is 0 Å². The minimum absolute atomic E-state index is 0.274. The van der Waals surface area contributed by atoms with Gasteiger partial charge in [-0.25, -0.2) is 0 Å². The van der Waals surface area contributed by atoms with E-state index in [9.17, 15) is 0 Å². The first-order valence-electron chi connectivity index (χ1n) is 6.42. The Bertz CT molecular complexity index is 384. The highest BCUT2D eigenvalue weighted by Gasteiger charge is 2.24. The van der Waals surface area contributed by atoms with E-state index in [4.69, 9.17) is 10.1 Å². The minimum Gasteiger partial charge on any atom is -0.393 e. The summed E-state index contributed by atoms with van der Waals surface area (Å²) in [5.41, 5.74) is 0.780. The molecule has 98 valence electrons. The first-order valence-corrected chi connectivity index (χ1v) is 6.42. The van der Waals surface area contributed by atoms with Crippen molar-refractivity contribution >= 4 is 5.71 Å². The Morgan fingerprint density at radius 3 is 2.94 bits per heavy atom. The molecule has 1 heterocycles. The summed E-state index contributed by atoms with van der Waals surface area (Å²) in [4.78, 5) is 7.55. The second-order valence-corrected chi connectivity index (χ2v) is 4.73. The summed E-state index contributed by atoms with van der Waals surface area (Å²) in [6, 6.07) is 2.51. The summed E-state index contributed by atoms with van der Waals surface area (Å²) in [6.07, 6.45) is 2.21. The van der Waals surface area contributed by atoms with Crippen LogP contribution in [0.25, 0.3) is 0 Å². The van der Waals surface area contributed by atoms with Crippen molar-refractivity contribution in [3.8, 4) is 17.9 Å². The van der Waals surface area contributed by atoms with E-state index in [1.807, 2.05) is 13.8 Å². The number of nitriles is 1. The number of oxime groups is 1. The molecule has 1 fully saturated rings. The van der Waals surface area contributed by atoms with E-state index in [0.29, 0.717) is 19.2 Å². The van der Waals surface area contributed by atoms with Gasteiger partial charge in [0.1, 0.15) is 12.3 Å². The van der Waals surface area contributed by atoms with Crippen molar-refractivity contribution in [2.45, 2.75) is 39.7 Å². The number of nitrogens with zero attached hydrogens (tertiary/aromatic N) is 3. The maximum absolute atomic E-state index is 8.72. The second-order valence-electron chi connectivity index (χ2n) is 4.73. The number of rotatable bonds is 5. The lowest BCUT2D eigenvalue weighted by atomic mass is 10.1. The van der Waals surface area contributed by atoms with Crippen molar-refractivity contribution in [1.82, 2.24) is 4.90 Å². The highest BCUT2D eigenvalue weighted by molar-refractivity contribution is 6.01. The SMILES string of the molecule is CC#C/C(=N\OC[C@@H]1CCCN1CC#N)C(C)C. The van der Waals surface area contributed by atoms with Gasteiger partial charge in [0, 0.05) is 12.0 Å². The molecule has 1 aliphatic heterocycles. The monoisotopic (exact) mass is 247 g/mol. The Morgan fingerprint density at radius 1 is 1.56 bits per heavy atom. The van der Waals surface area contributed by atoms with Gasteiger partial charge in [-0.2, -0.15) is 5.26 Å². The molecule has 4 heteroatoms. The first-order chi connectivity index (χ1) is 8.69. The molecule has 0 aliphatic carbocycles. The van der Waals surface area contributed by atoms with Crippen molar-refractivity contribution in [2.75, 3.05) is 19.7 Å². The van der Waals surface area contributed by atoms with Gasteiger partial charge in [-0.15, -0.1) is 0 Å². The van der Waals surface area contributed by atoms with Crippen LogP contribution in [0.3, 0.4) is 0 Å². The molecular weight excluding hydrogens is 226 g/mol. The maximum Gasteiger partial charge on any atom is 0.132 e. The van der Waals surface area contributed by atoms with Crippen LogP contribution in [0.5, 0.6) is 0 Å². The first kappa shape index (κ1) is 14.5. The summed E-state index contributed by atoms with van der Waals surface area (Å²) in [5.74, 6) is 6.07. The van der Waals surface area contributed by atoms with Gasteiger partial charge in [-0.1, -0.05) is 24.9 Å². The molecule has 1 rings (SSSR count). The van der Waals surface area contributed by atoms with Crippen LogP contribution in [-0.4, -0.2) is 36.3 Å². The van der Waals surface area contributed by atoms with Crippen molar-refractivity contribution in [2.24, 2.45) is 11.1 Å². The van der Waals surface area contributed by atoms with Crippen LogP contribution in [0.2, 0.25) is 0 Å². The Hall–Kier alpha value is -1.52. The molecule has 18 heavy (non-hydrogen) atoms. The zero-order chi connectivity index (χ0) is 13.4. The normalized spacial score (nSPS) is 20.4. The third-order valence-corrected chi connectivity index (χ3v) is 3.00. The molecule has 1 atom stereocenters. The Labute approximate surface area is 110 Å². The summed E-state index contributed by atoms with van der Waals surface area (Å²) in [5, 5.41) is 12.8. The van der Waals surface area contributed by atoms with Crippen LogP contribution in [0.15, 0.2) is 5.16 Å². The summed E-state index contributed by atoms with van der Waals surface area (Å²) >= 11 is 0. The molecule has 0 aromatic carbocycles.